The molecule has 10 nitrogen and oxygen atoms in total. The molecule has 2 aromatic rings. The number of hydrogen-bond acceptors (Lipinski definition) is 8. The van der Waals surface area contributed by atoms with Crippen LogP contribution in [0.1, 0.15) is 24.0 Å². The summed E-state index contributed by atoms with van der Waals surface area (Å²) in [4.78, 5) is 33.2. The van der Waals surface area contributed by atoms with E-state index in [4.69, 9.17) is 36.0 Å². The van der Waals surface area contributed by atoms with Crippen molar-refractivity contribution in [3.63, 3.8) is 0 Å². The van der Waals surface area contributed by atoms with Crippen molar-refractivity contribution in [3.8, 4) is 0 Å². The van der Waals surface area contributed by atoms with Crippen LogP contribution < -0.4 is 10.2 Å². The van der Waals surface area contributed by atoms with E-state index in [9.17, 15) is 14.4 Å². The zero-order valence-corrected chi connectivity index (χ0v) is 24.6. The normalized spacial score (nSPS) is 12.3. The van der Waals surface area contributed by atoms with Crippen LogP contribution in [0, 0.1) is 0 Å². The molecule has 0 fully saturated rings. The summed E-state index contributed by atoms with van der Waals surface area (Å²) in [5.74, 6) is -2.87. The molecule has 0 unspecified atom stereocenters. The summed E-state index contributed by atoms with van der Waals surface area (Å²) < 4.78 is 15.2. The van der Waals surface area contributed by atoms with Crippen molar-refractivity contribution >= 4 is 40.9 Å². The number of aryl methyl sites for hydroxylation is 2. The summed E-state index contributed by atoms with van der Waals surface area (Å²) in [7, 11) is 1.62. The molecule has 0 amide bonds. The topological polar surface area (TPSA) is 135 Å². The largest absolute Gasteiger partial charge is 0.478 e. The predicted molar refractivity (Wildman–Crippen MR) is 162 cm³/mol. The van der Waals surface area contributed by atoms with Gasteiger partial charge in [-0.05, 0) is 61.6 Å². The number of nitrogens with one attached hydrogen (secondary N) is 1. The van der Waals surface area contributed by atoms with Crippen LogP contribution in [0.3, 0.4) is 0 Å². The molecule has 0 aliphatic carbocycles. The number of unbranched alkanes of at least 4 members (excludes halogenated alkanes) is 1. The Kier molecular flexibility index (Phi) is 16.6. The monoisotopic (exact) mass is 602 g/mol. The van der Waals surface area contributed by atoms with Gasteiger partial charge in [-0.15, -0.1) is 0 Å². The highest BCUT2D eigenvalue weighted by Crippen LogP contribution is 2.37. The van der Waals surface area contributed by atoms with Crippen molar-refractivity contribution in [2.24, 2.45) is 0 Å². The molecule has 3 N–H and O–H groups in total. The van der Waals surface area contributed by atoms with Crippen LogP contribution in [0.4, 0.5) is 11.4 Å². The molecule has 228 valence electrons. The van der Waals surface area contributed by atoms with Gasteiger partial charge in [-0.25, -0.2) is 14.4 Å². The summed E-state index contributed by atoms with van der Waals surface area (Å²) in [6, 6.07) is 14.9. The summed E-state index contributed by atoms with van der Waals surface area (Å²) >= 11 is 6.34. The van der Waals surface area contributed by atoms with Crippen molar-refractivity contribution in [2.75, 3.05) is 58.1 Å². The van der Waals surface area contributed by atoms with Gasteiger partial charge in [0.15, 0.2) is 0 Å². The van der Waals surface area contributed by atoms with Gasteiger partial charge in [0.1, 0.15) is 6.61 Å². The maximum absolute atomic E-state index is 11.7. The number of halogens is 1. The van der Waals surface area contributed by atoms with E-state index in [1.165, 1.54) is 28.6 Å². The van der Waals surface area contributed by atoms with Gasteiger partial charge >= 0.3 is 17.9 Å². The number of esters is 1. The summed E-state index contributed by atoms with van der Waals surface area (Å²) in [6.07, 6.45) is 8.50. The quantitative estimate of drug-likeness (QED) is 0.144. The average Bonchev–Trinajstić information content (AvgIpc) is 3.12. The van der Waals surface area contributed by atoms with Gasteiger partial charge in [-0.3, -0.25) is 0 Å². The van der Waals surface area contributed by atoms with Crippen molar-refractivity contribution in [1.82, 2.24) is 5.32 Å². The average molecular weight is 603 g/mol. The number of rotatable bonds is 16. The van der Waals surface area contributed by atoms with Crippen molar-refractivity contribution < 1.29 is 38.8 Å². The van der Waals surface area contributed by atoms with Gasteiger partial charge in [0.2, 0.25) is 0 Å². The molecule has 1 aliphatic rings. The van der Waals surface area contributed by atoms with Crippen LogP contribution in [-0.2, 0) is 41.4 Å². The zero-order chi connectivity index (χ0) is 30.6. The van der Waals surface area contributed by atoms with Gasteiger partial charge in [0.25, 0.3) is 0 Å². The molecule has 0 aromatic heterocycles. The number of carbonyl (C=O) groups is 3. The Hall–Kier alpha value is -3.70. The lowest BCUT2D eigenvalue weighted by molar-refractivity contribution is -0.139. The third kappa shape index (κ3) is 13.8. The number of carboxylic acids is 2. The third-order valence-corrected chi connectivity index (χ3v) is 6.29. The summed E-state index contributed by atoms with van der Waals surface area (Å²) in [5.41, 5.74) is 5.22. The maximum atomic E-state index is 11.7. The fourth-order valence-electron chi connectivity index (χ4n) is 4.12. The van der Waals surface area contributed by atoms with E-state index in [2.05, 4.69) is 46.6 Å². The minimum atomic E-state index is -1.26. The fraction of sp³-hybridized carbons (Fsp3) is 0.387. The smallest absolute Gasteiger partial charge is 0.330 e. The highest BCUT2D eigenvalue weighted by molar-refractivity contribution is 6.30. The molecule has 1 aliphatic heterocycles. The second-order valence-electron chi connectivity index (χ2n) is 9.15. The first-order chi connectivity index (χ1) is 20.3. The molecule has 11 heteroatoms. The number of carbonyl (C=O) groups excluding carboxylic acids is 1. The van der Waals surface area contributed by atoms with Crippen LogP contribution in [-0.4, -0.2) is 81.3 Å². The third-order valence-electron chi connectivity index (χ3n) is 6.06. The lowest BCUT2D eigenvalue weighted by Crippen LogP contribution is -2.22. The van der Waals surface area contributed by atoms with E-state index < -0.39 is 11.9 Å². The van der Waals surface area contributed by atoms with Crippen molar-refractivity contribution in [2.45, 2.75) is 25.7 Å². The molecule has 3 rings (SSSR count). The molecule has 1 heterocycles. The summed E-state index contributed by atoms with van der Waals surface area (Å²) in [6.45, 7) is 4.09. The minimum absolute atomic E-state index is 0.244. The number of aliphatic carboxylic acids is 2. The zero-order valence-electron chi connectivity index (χ0n) is 23.8. The molecule has 0 saturated heterocycles. The van der Waals surface area contributed by atoms with Gasteiger partial charge < -0.3 is 34.6 Å². The second kappa shape index (κ2) is 20.2. The van der Waals surface area contributed by atoms with Crippen molar-refractivity contribution in [3.05, 3.63) is 82.9 Å². The SMILES string of the molecule is COCCOCCOC(=O)/C=C/CNCCCCN1c2ccccc2CCc2ccc(Cl)cc21.O=C(O)/C=C\C(=O)O. The molecule has 0 bridgehead atoms. The number of ether oxygens (including phenoxy) is 3. The standard InChI is InChI=1S/C27H35ClN2O4.C4H4O4/c1-32-17-18-33-19-20-34-27(31)9-6-15-29-14-4-5-16-30-25-8-3-2-7-22(25)10-11-23-12-13-24(28)21-26(23)30;5-3(6)1-2-4(7)8/h2-3,6-9,12-13,21,29H,4-5,10-11,14-20H2,1H3;1-2H,(H,5,6)(H,7,8)/b9-6+;2-1-. The number of carboxylic acid groups (broad SMARTS) is 2. The molecule has 0 radical (unpaired) electrons. The maximum Gasteiger partial charge on any atom is 0.330 e. The Morgan fingerprint density at radius 3 is 2.31 bits per heavy atom. The first-order valence-electron chi connectivity index (χ1n) is 13.7. The first-order valence-corrected chi connectivity index (χ1v) is 14.1. The van der Waals surface area contributed by atoms with Gasteiger partial charge in [0.05, 0.1) is 19.8 Å². The molecule has 42 heavy (non-hydrogen) atoms. The van der Waals surface area contributed by atoms with Crippen molar-refractivity contribution in [1.29, 1.82) is 0 Å². The predicted octanol–water partition coefficient (Wildman–Crippen LogP) is 4.42. The van der Waals surface area contributed by atoms with Crippen LogP contribution in [0.25, 0.3) is 0 Å². The van der Waals surface area contributed by atoms with Gasteiger partial charge in [0, 0.05) is 54.8 Å². The number of anilines is 2. The first kappa shape index (κ1) is 34.5. The number of fused-ring (bicyclic) bond motifs is 2. The fourth-order valence-corrected chi connectivity index (χ4v) is 4.29. The van der Waals surface area contributed by atoms with E-state index in [0.717, 1.165) is 43.8 Å². The van der Waals surface area contributed by atoms with E-state index in [1.54, 1.807) is 13.2 Å². The molecular weight excluding hydrogens is 564 g/mol. The van der Waals surface area contributed by atoms with Crippen LogP contribution in [0.2, 0.25) is 5.02 Å². The number of nitrogens with zero attached hydrogens (tertiary/aromatic N) is 1. The van der Waals surface area contributed by atoms with E-state index >= 15 is 0 Å². The number of methoxy groups -OCH3 is 1. The van der Waals surface area contributed by atoms with Gasteiger partial charge in [-0.2, -0.15) is 0 Å². The number of benzene rings is 2. The molecule has 0 spiro atoms. The lowest BCUT2D eigenvalue weighted by Gasteiger charge is -2.27. The Balaban J connectivity index is 0.000000675. The highest BCUT2D eigenvalue weighted by atomic mass is 35.5. The molecular formula is C31H39ClN2O8. The summed E-state index contributed by atoms with van der Waals surface area (Å²) in [5, 5.41) is 19.8. The number of hydrogen-bond donors (Lipinski definition) is 3. The van der Waals surface area contributed by atoms with Crippen LogP contribution >= 0.6 is 11.6 Å². The second-order valence-corrected chi connectivity index (χ2v) is 9.59. The Labute approximate surface area is 251 Å². The van der Waals surface area contributed by atoms with Gasteiger partial charge in [-0.1, -0.05) is 41.9 Å². The Morgan fingerprint density at radius 2 is 1.60 bits per heavy atom. The van der Waals surface area contributed by atoms with E-state index in [1.807, 2.05) is 6.07 Å². The number of para-hydroxylation sites is 1. The molecule has 2 aromatic carbocycles. The Morgan fingerprint density at radius 1 is 0.905 bits per heavy atom. The molecule has 0 atom stereocenters. The van der Waals surface area contributed by atoms with E-state index in [-0.39, 0.29) is 12.6 Å². The van der Waals surface area contributed by atoms with Crippen LogP contribution in [0.15, 0.2) is 66.8 Å². The highest BCUT2D eigenvalue weighted by Gasteiger charge is 2.20. The minimum Gasteiger partial charge on any atom is -0.478 e. The Bertz CT molecular complexity index is 1190. The lowest BCUT2D eigenvalue weighted by atomic mass is 10.0. The van der Waals surface area contributed by atoms with Crippen LogP contribution in [0.5, 0.6) is 0 Å². The van der Waals surface area contributed by atoms with E-state index in [0.29, 0.717) is 38.5 Å². The molecule has 0 saturated carbocycles.